The molecule has 0 atom stereocenters. The van der Waals surface area contributed by atoms with Crippen LogP contribution in [0.15, 0.2) is 6.07 Å². The first-order valence-corrected chi connectivity index (χ1v) is 7.51. The fraction of sp³-hybridized carbons (Fsp3) is 0.600. The number of hydrogen-bond donors (Lipinski definition) is 2. The lowest BCUT2D eigenvalue weighted by atomic mass is 10.1. The van der Waals surface area contributed by atoms with Crippen molar-refractivity contribution in [1.29, 1.82) is 0 Å². The van der Waals surface area contributed by atoms with Crippen molar-refractivity contribution < 1.29 is 0 Å². The van der Waals surface area contributed by atoms with E-state index in [4.69, 9.17) is 18.0 Å². The number of aryl methyl sites for hydroxylation is 2. The Morgan fingerprint density at radius 2 is 1.89 bits per heavy atom. The van der Waals surface area contributed by atoms with Gasteiger partial charge in [0.15, 0.2) is 0 Å². The van der Waals surface area contributed by atoms with Crippen molar-refractivity contribution in [2.45, 2.75) is 45.6 Å². The van der Waals surface area contributed by atoms with Crippen LogP contribution < -0.4 is 11.1 Å². The number of pyridine rings is 1. The van der Waals surface area contributed by atoms with Crippen LogP contribution in [0.1, 0.15) is 42.5 Å². The number of nitrogens with one attached hydrogen (secondary N) is 1. The van der Waals surface area contributed by atoms with Gasteiger partial charge in [0.25, 0.3) is 0 Å². The molecule has 0 bridgehead atoms. The zero-order chi connectivity index (χ0) is 13.6. The second-order valence-electron chi connectivity index (χ2n) is 6.01. The molecule has 0 spiro atoms. The van der Waals surface area contributed by atoms with E-state index in [0.29, 0.717) is 11.0 Å². The molecule has 3 rings (SSSR count). The molecule has 3 nitrogen and oxygen atoms in total. The topological polar surface area (TPSA) is 50.9 Å². The summed E-state index contributed by atoms with van der Waals surface area (Å²) in [5.74, 6) is 2.55. The van der Waals surface area contributed by atoms with Crippen molar-refractivity contribution in [3.8, 4) is 0 Å². The summed E-state index contributed by atoms with van der Waals surface area (Å²) in [5, 5.41) is 3.66. The highest BCUT2D eigenvalue weighted by Gasteiger charge is 2.41. The van der Waals surface area contributed by atoms with Crippen molar-refractivity contribution in [2.24, 2.45) is 17.6 Å². The zero-order valence-corrected chi connectivity index (χ0v) is 12.4. The highest BCUT2D eigenvalue weighted by molar-refractivity contribution is 7.80. The van der Waals surface area contributed by atoms with Gasteiger partial charge in [-0.3, -0.25) is 0 Å². The molecular formula is C15H21N3S. The van der Waals surface area contributed by atoms with E-state index in [0.717, 1.165) is 34.5 Å². The standard InChI is InChI=1S/C15H21N3S/c1-8-7-9(2)17-15(12(8)14(16)19)18-13(10-3-4-10)11-5-6-11/h7,10-11,13H,3-6H2,1-2H3,(H2,16,19)(H,17,18). The van der Waals surface area contributed by atoms with E-state index in [1.807, 2.05) is 13.0 Å². The summed E-state index contributed by atoms with van der Waals surface area (Å²) in [6, 6.07) is 2.62. The predicted octanol–water partition coefficient (Wildman–Crippen LogP) is 2.93. The number of aromatic nitrogens is 1. The van der Waals surface area contributed by atoms with Gasteiger partial charge in [-0.2, -0.15) is 0 Å². The van der Waals surface area contributed by atoms with E-state index < -0.39 is 0 Å². The molecule has 0 amide bonds. The molecular weight excluding hydrogens is 254 g/mol. The molecule has 2 aliphatic rings. The average Bonchev–Trinajstić information content (AvgIpc) is 3.17. The van der Waals surface area contributed by atoms with Crippen molar-refractivity contribution in [1.82, 2.24) is 4.98 Å². The summed E-state index contributed by atoms with van der Waals surface area (Å²) in [7, 11) is 0. The predicted molar refractivity (Wildman–Crippen MR) is 82.5 cm³/mol. The molecule has 3 N–H and O–H groups in total. The Morgan fingerprint density at radius 1 is 1.32 bits per heavy atom. The fourth-order valence-electron chi connectivity index (χ4n) is 2.94. The number of thiocarbonyl (C=S) groups is 1. The second-order valence-corrected chi connectivity index (χ2v) is 6.45. The van der Waals surface area contributed by atoms with Crippen LogP contribution in [0.5, 0.6) is 0 Å². The van der Waals surface area contributed by atoms with Gasteiger partial charge in [-0.15, -0.1) is 0 Å². The number of hydrogen-bond acceptors (Lipinski definition) is 3. The van der Waals surface area contributed by atoms with Crippen LogP contribution >= 0.6 is 12.2 Å². The van der Waals surface area contributed by atoms with Gasteiger partial charge in [0.05, 0.1) is 5.56 Å². The number of nitrogens with zero attached hydrogens (tertiary/aromatic N) is 1. The molecule has 0 aliphatic heterocycles. The average molecular weight is 275 g/mol. The van der Waals surface area contributed by atoms with E-state index in [9.17, 15) is 0 Å². The first kappa shape index (κ1) is 12.9. The minimum absolute atomic E-state index is 0.442. The van der Waals surface area contributed by atoms with Gasteiger partial charge in [0.1, 0.15) is 10.8 Å². The Hall–Kier alpha value is -1.16. The minimum Gasteiger partial charge on any atom is -0.389 e. The van der Waals surface area contributed by atoms with Crippen LogP contribution in [0.2, 0.25) is 0 Å². The highest BCUT2D eigenvalue weighted by atomic mass is 32.1. The monoisotopic (exact) mass is 275 g/mol. The third kappa shape index (κ3) is 2.73. The zero-order valence-electron chi connectivity index (χ0n) is 11.6. The Kier molecular flexibility index (Phi) is 3.21. The summed E-state index contributed by atoms with van der Waals surface area (Å²) in [5.41, 5.74) is 8.94. The third-order valence-electron chi connectivity index (χ3n) is 4.15. The van der Waals surface area contributed by atoms with Crippen molar-refractivity contribution in [3.63, 3.8) is 0 Å². The van der Waals surface area contributed by atoms with Gasteiger partial charge < -0.3 is 11.1 Å². The maximum atomic E-state index is 5.88. The normalized spacial score (nSPS) is 18.7. The molecule has 1 aromatic heterocycles. The Morgan fingerprint density at radius 3 is 2.37 bits per heavy atom. The van der Waals surface area contributed by atoms with E-state index in [-0.39, 0.29) is 0 Å². The van der Waals surface area contributed by atoms with Gasteiger partial charge >= 0.3 is 0 Å². The molecule has 0 radical (unpaired) electrons. The molecule has 0 aromatic carbocycles. The van der Waals surface area contributed by atoms with E-state index in [2.05, 4.69) is 17.2 Å². The lowest BCUT2D eigenvalue weighted by Gasteiger charge is -2.21. The molecule has 19 heavy (non-hydrogen) atoms. The SMILES string of the molecule is Cc1cc(C)c(C(N)=S)c(NC(C2CC2)C2CC2)n1. The lowest BCUT2D eigenvalue weighted by Crippen LogP contribution is -2.27. The summed E-state index contributed by atoms with van der Waals surface area (Å²) in [6.45, 7) is 4.07. The van der Waals surface area contributed by atoms with E-state index >= 15 is 0 Å². The van der Waals surface area contributed by atoms with Crippen LogP contribution in [-0.4, -0.2) is 16.0 Å². The maximum absolute atomic E-state index is 5.88. The number of anilines is 1. The lowest BCUT2D eigenvalue weighted by molar-refractivity contribution is 0.565. The third-order valence-corrected chi connectivity index (χ3v) is 4.36. The van der Waals surface area contributed by atoms with Gasteiger partial charge in [-0.05, 0) is 63.0 Å². The highest BCUT2D eigenvalue weighted by Crippen LogP contribution is 2.46. The van der Waals surface area contributed by atoms with Crippen LogP contribution in [0.4, 0.5) is 5.82 Å². The molecule has 1 heterocycles. The molecule has 0 unspecified atom stereocenters. The summed E-state index contributed by atoms with van der Waals surface area (Å²) < 4.78 is 0. The van der Waals surface area contributed by atoms with Crippen LogP contribution in [0, 0.1) is 25.7 Å². The van der Waals surface area contributed by atoms with Gasteiger partial charge in [0.2, 0.25) is 0 Å². The largest absolute Gasteiger partial charge is 0.389 e. The smallest absolute Gasteiger partial charge is 0.137 e. The minimum atomic E-state index is 0.442. The van der Waals surface area contributed by atoms with Crippen molar-refractivity contribution in [2.75, 3.05) is 5.32 Å². The fourth-order valence-corrected chi connectivity index (χ4v) is 3.20. The Balaban J connectivity index is 1.91. The molecule has 2 saturated carbocycles. The van der Waals surface area contributed by atoms with Crippen LogP contribution in [0.25, 0.3) is 0 Å². The quantitative estimate of drug-likeness (QED) is 0.811. The Bertz CT molecular complexity index is 506. The van der Waals surface area contributed by atoms with Crippen molar-refractivity contribution in [3.05, 3.63) is 22.9 Å². The number of nitrogens with two attached hydrogens (primary N) is 1. The molecule has 0 saturated heterocycles. The molecule has 4 heteroatoms. The van der Waals surface area contributed by atoms with Crippen LogP contribution in [-0.2, 0) is 0 Å². The van der Waals surface area contributed by atoms with Gasteiger partial charge in [0, 0.05) is 11.7 Å². The molecule has 2 fully saturated rings. The Labute approximate surface area is 120 Å². The van der Waals surface area contributed by atoms with Gasteiger partial charge in [-0.1, -0.05) is 12.2 Å². The number of rotatable bonds is 5. The van der Waals surface area contributed by atoms with Crippen LogP contribution in [0.3, 0.4) is 0 Å². The van der Waals surface area contributed by atoms with Crippen molar-refractivity contribution >= 4 is 23.0 Å². The second kappa shape index (κ2) is 4.75. The molecule has 102 valence electrons. The molecule has 2 aliphatic carbocycles. The molecule has 1 aromatic rings. The first-order valence-electron chi connectivity index (χ1n) is 7.11. The maximum Gasteiger partial charge on any atom is 0.137 e. The summed E-state index contributed by atoms with van der Waals surface area (Å²) in [6.07, 6.45) is 5.39. The first-order chi connectivity index (χ1) is 9.06. The van der Waals surface area contributed by atoms with Gasteiger partial charge in [-0.25, -0.2) is 4.98 Å². The summed E-state index contributed by atoms with van der Waals surface area (Å²) >= 11 is 5.19. The van der Waals surface area contributed by atoms with E-state index in [1.54, 1.807) is 0 Å². The summed E-state index contributed by atoms with van der Waals surface area (Å²) in [4.78, 5) is 5.08. The van der Waals surface area contributed by atoms with E-state index in [1.165, 1.54) is 25.7 Å².